The number of hydrogen-bond donors (Lipinski definition) is 2. The van der Waals surface area contributed by atoms with E-state index in [-0.39, 0.29) is 17.6 Å². The van der Waals surface area contributed by atoms with Crippen LogP contribution >= 0.6 is 0 Å². The first-order valence-corrected chi connectivity index (χ1v) is 8.58. The predicted octanol–water partition coefficient (Wildman–Crippen LogP) is 3.90. The molecule has 2 N–H and O–H groups in total. The Balaban J connectivity index is 2.04. The molecule has 6 heteroatoms. The number of nitriles is 1. The molecule has 2 aromatic carbocycles. The van der Waals surface area contributed by atoms with Crippen LogP contribution in [0.4, 0.5) is 11.5 Å². The van der Waals surface area contributed by atoms with Crippen molar-refractivity contribution >= 4 is 17.4 Å². The highest BCUT2D eigenvalue weighted by molar-refractivity contribution is 5.93. The number of carbonyl (C=O) groups is 1. The Hall–Kier alpha value is -3.72. The van der Waals surface area contributed by atoms with Gasteiger partial charge in [0.05, 0.1) is 11.3 Å². The van der Waals surface area contributed by atoms with E-state index in [0.29, 0.717) is 22.9 Å². The number of nitrogens with one attached hydrogen (secondary N) is 2. The van der Waals surface area contributed by atoms with Crippen LogP contribution in [0.2, 0.25) is 0 Å². The van der Waals surface area contributed by atoms with E-state index in [2.05, 4.69) is 26.7 Å². The van der Waals surface area contributed by atoms with Crippen LogP contribution < -0.4 is 10.6 Å². The molecule has 0 spiro atoms. The van der Waals surface area contributed by atoms with Crippen LogP contribution in [-0.4, -0.2) is 21.9 Å². The molecule has 0 saturated heterocycles. The van der Waals surface area contributed by atoms with Gasteiger partial charge in [0.25, 0.3) is 5.91 Å². The molecule has 27 heavy (non-hydrogen) atoms. The minimum absolute atomic E-state index is 0.0108. The summed E-state index contributed by atoms with van der Waals surface area (Å²) in [6, 6.07) is 20.3. The maximum atomic E-state index is 12.5. The molecular weight excluding hydrogens is 338 g/mol. The largest absolute Gasteiger partial charge is 0.349 e. The van der Waals surface area contributed by atoms with Crippen molar-refractivity contribution in [1.29, 1.82) is 5.26 Å². The van der Waals surface area contributed by atoms with Gasteiger partial charge in [-0.2, -0.15) is 5.26 Å². The van der Waals surface area contributed by atoms with Crippen molar-refractivity contribution in [3.8, 4) is 17.5 Å². The zero-order valence-corrected chi connectivity index (χ0v) is 15.1. The summed E-state index contributed by atoms with van der Waals surface area (Å²) in [6.45, 7) is 3.78. The summed E-state index contributed by atoms with van der Waals surface area (Å²) in [7, 11) is 0. The van der Waals surface area contributed by atoms with Gasteiger partial charge in [-0.05, 0) is 26.0 Å². The molecule has 0 unspecified atom stereocenters. The van der Waals surface area contributed by atoms with Crippen molar-refractivity contribution < 1.29 is 4.79 Å². The molecule has 3 aromatic rings. The minimum atomic E-state index is -0.277. The number of benzene rings is 2. The molecule has 1 amide bonds. The Labute approximate surface area is 157 Å². The van der Waals surface area contributed by atoms with E-state index in [4.69, 9.17) is 0 Å². The van der Waals surface area contributed by atoms with Gasteiger partial charge < -0.3 is 10.6 Å². The number of anilines is 2. The van der Waals surface area contributed by atoms with Crippen LogP contribution in [0.5, 0.6) is 0 Å². The lowest BCUT2D eigenvalue weighted by molar-refractivity contribution is 0.0938. The fourth-order valence-corrected chi connectivity index (χ4v) is 2.51. The molecular formula is C21H19N5O. The topological polar surface area (TPSA) is 90.7 Å². The van der Waals surface area contributed by atoms with Crippen LogP contribution in [-0.2, 0) is 0 Å². The molecule has 134 valence electrons. The number of carbonyl (C=O) groups excluding carboxylic acids is 1. The summed E-state index contributed by atoms with van der Waals surface area (Å²) in [5.74, 6) is 0.602. The number of para-hydroxylation sites is 1. The SMILES string of the molecule is CC(C)NC(=O)c1cc(Nc2ccccc2C#N)nc(-c2ccccc2)n1. The van der Waals surface area contributed by atoms with Gasteiger partial charge in [0.2, 0.25) is 0 Å². The summed E-state index contributed by atoms with van der Waals surface area (Å²) in [5.41, 5.74) is 2.17. The molecule has 0 aliphatic heterocycles. The first-order chi connectivity index (χ1) is 13.1. The van der Waals surface area contributed by atoms with Crippen molar-refractivity contribution in [3.63, 3.8) is 0 Å². The maximum absolute atomic E-state index is 12.5. The predicted molar refractivity (Wildman–Crippen MR) is 105 cm³/mol. The monoisotopic (exact) mass is 357 g/mol. The van der Waals surface area contributed by atoms with Gasteiger partial charge in [-0.15, -0.1) is 0 Å². The van der Waals surface area contributed by atoms with Gasteiger partial charge in [-0.1, -0.05) is 42.5 Å². The Morgan fingerprint density at radius 3 is 2.44 bits per heavy atom. The van der Waals surface area contributed by atoms with Gasteiger partial charge in [-0.3, -0.25) is 4.79 Å². The smallest absolute Gasteiger partial charge is 0.270 e. The second kappa shape index (κ2) is 8.11. The molecule has 0 atom stereocenters. The lowest BCUT2D eigenvalue weighted by Gasteiger charge is -2.12. The quantitative estimate of drug-likeness (QED) is 0.723. The second-order valence-corrected chi connectivity index (χ2v) is 6.24. The lowest BCUT2D eigenvalue weighted by Crippen LogP contribution is -2.31. The third-order valence-electron chi connectivity index (χ3n) is 3.72. The average molecular weight is 357 g/mol. The normalized spacial score (nSPS) is 10.3. The van der Waals surface area contributed by atoms with E-state index < -0.39 is 0 Å². The molecule has 6 nitrogen and oxygen atoms in total. The summed E-state index contributed by atoms with van der Waals surface area (Å²) < 4.78 is 0. The van der Waals surface area contributed by atoms with Gasteiger partial charge in [-0.25, -0.2) is 9.97 Å². The van der Waals surface area contributed by atoms with Crippen LogP contribution in [0.1, 0.15) is 29.9 Å². The Morgan fingerprint density at radius 1 is 1.04 bits per heavy atom. The van der Waals surface area contributed by atoms with Crippen LogP contribution in [0.15, 0.2) is 60.7 Å². The Morgan fingerprint density at radius 2 is 1.74 bits per heavy atom. The maximum Gasteiger partial charge on any atom is 0.270 e. The van der Waals surface area contributed by atoms with Crippen LogP contribution in [0.25, 0.3) is 11.4 Å². The zero-order valence-electron chi connectivity index (χ0n) is 15.1. The summed E-state index contributed by atoms with van der Waals surface area (Å²) >= 11 is 0. The van der Waals surface area contributed by atoms with Crippen molar-refractivity contribution in [2.75, 3.05) is 5.32 Å². The zero-order chi connectivity index (χ0) is 19.2. The van der Waals surface area contributed by atoms with Crippen LogP contribution in [0.3, 0.4) is 0 Å². The summed E-state index contributed by atoms with van der Waals surface area (Å²) in [6.07, 6.45) is 0. The van der Waals surface area contributed by atoms with Gasteiger partial charge in [0.15, 0.2) is 5.82 Å². The molecule has 1 aromatic heterocycles. The Bertz CT molecular complexity index is 993. The fourth-order valence-electron chi connectivity index (χ4n) is 2.51. The van der Waals surface area contributed by atoms with Crippen molar-refractivity contribution in [2.45, 2.75) is 19.9 Å². The molecule has 0 bridgehead atoms. The summed E-state index contributed by atoms with van der Waals surface area (Å²) in [4.78, 5) is 21.4. The lowest BCUT2D eigenvalue weighted by atomic mass is 10.2. The minimum Gasteiger partial charge on any atom is -0.349 e. The molecule has 0 fully saturated rings. The second-order valence-electron chi connectivity index (χ2n) is 6.24. The third-order valence-corrected chi connectivity index (χ3v) is 3.72. The highest BCUT2D eigenvalue weighted by atomic mass is 16.1. The molecule has 0 aliphatic rings. The summed E-state index contributed by atoms with van der Waals surface area (Å²) in [5, 5.41) is 15.3. The number of amides is 1. The third kappa shape index (κ3) is 4.47. The first kappa shape index (κ1) is 18.1. The fraction of sp³-hybridized carbons (Fsp3) is 0.143. The van der Waals surface area contributed by atoms with E-state index in [9.17, 15) is 10.1 Å². The van der Waals surface area contributed by atoms with Gasteiger partial charge in [0.1, 0.15) is 17.6 Å². The number of nitrogens with zero attached hydrogens (tertiary/aromatic N) is 3. The number of rotatable bonds is 5. The Kier molecular flexibility index (Phi) is 5.43. The average Bonchev–Trinajstić information content (AvgIpc) is 2.68. The molecule has 0 radical (unpaired) electrons. The molecule has 0 aliphatic carbocycles. The molecule has 0 saturated carbocycles. The molecule has 1 heterocycles. The van der Waals surface area contributed by atoms with Crippen molar-refractivity contribution in [1.82, 2.24) is 15.3 Å². The van der Waals surface area contributed by atoms with Gasteiger partial charge >= 0.3 is 0 Å². The van der Waals surface area contributed by atoms with Crippen molar-refractivity contribution in [2.24, 2.45) is 0 Å². The van der Waals surface area contributed by atoms with E-state index in [1.54, 1.807) is 24.3 Å². The van der Waals surface area contributed by atoms with E-state index >= 15 is 0 Å². The van der Waals surface area contributed by atoms with Crippen molar-refractivity contribution in [3.05, 3.63) is 71.9 Å². The highest BCUT2D eigenvalue weighted by Gasteiger charge is 2.14. The number of aromatic nitrogens is 2. The van der Waals surface area contributed by atoms with Crippen LogP contribution in [0, 0.1) is 11.3 Å². The van der Waals surface area contributed by atoms with Gasteiger partial charge in [0, 0.05) is 17.7 Å². The first-order valence-electron chi connectivity index (χ1n) is 8.58. The highest BCUT2D eigenvalue weighted by Crippen LogP contribution is 2.22. The van der Waals surface area contributed by atoms with E-state index in [1.165, 1.54) is 0 Å². The van der Waals surface area contributed by atoms with E-state index in [0.717, 1.165) is 5.56 Å². The number of hydrogen-bond acceptors (Lipinski definition) is 5. The standard InChI is InChI=1S/C21H19N5O/c1-14(2)23-21(27)18-12-19(24-17-11-7-6-10-16(17)13-22)26-20(25-18)15-8-4-3-5-9-15/h3-12,14H,1-2H3,(H,23,27)(H,24,25,26). The molecule has 3 rings (SSSR count). The van der Waals surface area contributed by atoms with E-state index in [1.807, 2.05) is 50.2 Å².